The monoisotopic (exact) mass is 471 g/mol. The van der Waals surface area contributed by atoms with E-state index in [0.717, 1.165) is 18.2 Å². The van der Waals surface area contributed by atoms with Gasteiger partial charge in [-0.15, -0.1) is 0 Å². The number of aromatic nitrogens is 1. The van der Waals surface area contributed by atoms with E-state index in [1.54, 1.807) is 18.3 Å². The molecule has 1 aromatic carbocycles. The molecule has 4 nitrogen and oxygen atoms in total. The number of pyridine rings is 1. The van der Waals surface area contributed by atoms with Gasteiger partial charge in [-0.05, 0) is 18.6 Å². The molecule has 0 unspecified atom stereocenters. The molecule has 0 atom stereocenters. The van der Waals surface area contributed by atoms with Crippen LogP contribution in [0.1, 0.15) is 110 Å². The molecule has 0 amide bonds. The summed E-state index contributed by atoms with van der Waals surface area (Å²) < 4.78 is 0. The van der Waals surface area contributed by atoms with Crippen LogP contribution in [-0.2, 0) is 4.79 Å². The van der Waals surface area contributed by atoms with Crippen molar-refractivity contribution in [1.82, 2.24) is 4.98 Å². The summed E-state index contributed by atoms with van der Waals surface area (Å²) in [6.07, 6.45) is 21.9. The second-order valence-electron chi connectivity index (χ2n) is 8.45. The van der Waals surface area contributed by atoms with Gasteiger partial charge in [0.25, 0.3) is 0 Å². The van der Waals surface area contributed by atoms with Crippen molar-refractivity contribution in [2.45, 2.75) is 110 Å². The number of carboxylic acid groups (broad SMARTS) is 1. The first-order chi connectivity index (χ1) is 15.1. The number of carboxylic acids is 1. The van der Waals surface area contributed by atoms with Crippen LogP contribution >= 0.6 is 0 Å². The van der Waals surface area contributed by atoms with Gasteiger partial charge in [0.15, 0.2) is 0 Å². The fraction of sp³-hybridized carbons (Fsp3) is 0.630. The van der Waals surface area contributed by atoms with Gasteiger partial charge in [-0.25, -0.2) is 0 Å². The van der Waals surface area contributed by atoms with Crippen LogP contribution in [0.5, 0.6) is 5.75 Å². The number of nitrogens with zero attached hydrogens (tertiary/aromatic N) is 1. The first-order valence-corrected chi connectivity index (χ1v) is 12.4. The van der Waals surface area contributed by atoms with Gasteiger partial charge in [-0.1, -0.05) is 115 Å². The molecule has 1 heterocycles. The Morgan fingerprint density at radius 2 is 1.22 bits per heavy atom. The molecule has 0 bridgehead atoms. The Kier molecular flexibility index (Phi) is 21.4. The maximum absolute atomic E-state index is 10.3. The van der Waals surface area contributed by atoms with E-state index in [1.807, 2.05) is 18.2 Å². The Balaban J connectivity index is 0.000000668. The SMILES string of the molecule is CCCCCCCCCCCCCCCCCC(=O)O.Oc1cccc2cccnc12.[CaH2]. The summed E-state index contributed by atoms with van der Waals surface area (Å²) in [5, 5.41) is 18.8. The summed E-state index contributed by atoms with van der Waals surface area (Å²) in [6.45, 7) is 2.27. The van der Waals surface area contributed by atoms with Crippen molar-refractivity contribution in [3.05, 3.63) is 36.5 Å². The molecular weight excluding hydrogens is 426 g/mol. The van der Waals surface area contributed by atoms with E-state index >= 15 is 0 Å². The number of carbonyl (C=O) groups is 1. The molecule has 2 N–H and O–H groups in total. The van der Waals surface area contributed by atoms with Crippen LogP contribution < -0.4 is 0 Å². The maximum atomic E-state index is 10.3. The molecule has 2 rings (SSSR count). The summed E-state index contributed by atoms with van der Waals surface area (Å²) in [4.78, 5) is 14.4. The van der Waals surface area contributed by atoms with Gasteiger partial charge < -0.3 is 10.2 Å². The Morgan fingerprint density at radius 3 is 1.69 bits per heavy atom. The van der Waals surface area contributed by atoms with Gasteiger partial charge in [-0.3, -0.25) is 9.78 Å². The molecule has 32 heavy (non-hydrogen) atoms. The minimum atomic E-state index is -0.653. The number of hydrogen-bond acceptors (Lipinski definition) is 3. The molecule has 178 valence electrons. The van der Waals surface area contributed by atoms with E-state index in [0.29, 0.717) is 11.9 Å². The summed E-state index contributed by atoms with van der Waals surface area (Å²) >= 11 is 0. The van der Waals surface area contributed by atoms with Crippen LogP contribution in [0.2, 0.25) is 0 Å². The number of phenols is 1. The van der Waals surface area contributed by atoms with E-state index in [-0.39, 0.29) is 43.5 Å². The van der Waals surface area contributed by atoms with Crippen molar-refractivity contribution in [1.29, 1.82) is 0 Å². The second kappa shape index (κ2) is 22.0. The first-order valence-electron chi connectivity index (χ1n) is 12.4. The van der Waals surface area contributed by atoms with Gasteiger partial charge in [0.2, 0.25) is 0 Å². The number of benzene rings is 1. The quantitative estimate of drug-likeness (QED) is 0.198. The summed E-state index contributed by atoms with van der Waals surface area (Å²) in [7, 11) is 0. The average molecular weight is 472 g/mol. The van der Waals surface area contributed by atoms with Crippen molar-refractivity contribution in [2.24, 2.45) is 0 Å². The molecule has 0 aliphatic heterocycles. The van der Waals surface area contributed by atoms with E-state index < -0.39 is 5.97 Å². The van der Waals surface area contributed by atoms with Crippen molar-refractivity contribution >= 4 is 54.6 Å². The van der Waals surface area contributed by atoms with E-state index in [9.17, 15) is 9.90 Å². The van der Waals surface area contributed by atoms with Crippen molar-refractivity contribution < 1.29 is 15.0 Å². The third-order valence-corrected chi connectivity index (χ3v) is 5.61. The van der Waals surface area contributed by atoms with Crippen LogP contribution in [0.3, 0.4) is 0 Å². The number of unbranched alkanes of at least 4 members (excludes halogenated alkanes) is 14. The predicted octanol–water partition coefficient (Wildman–Crippen LogP) is 7.36. The Labute approximate surface area is 225 Å². The minimum absolute atomic E-state index is 0. The molecule has 0 aliphatic carbocycles. The van der Waals surface area contributed by atoms with Gasteiger partial charge in [-0.2, -0.15) is 0 Å². The topological polar surface area (TPSA) is 70.4 Å². The first kappa shape index (κ1) is 31.2. The van der Waals surface area contributed by atoms with Crippen LogP contribution in [0.4, 0.5) is 0 Å². The number of aromatic hydroxyl groups is 1. The number of para-hydroxylation sites is 1. The summed E-state index contributed by atoms with van der Waals surface area (Å²) in [5.41, 5.74) is 0.662. The third kappa shape index (κ3) is 16.7. The normalized spacial score (nSPS) is 10.3. The molecule has 2 aromatic rings. The molecule has 0 saturated carbocycles. The van der Waals surface area contributed by atoms with Crippen LogP contribution in [0, 0.1) is 0 Å². The zero-order valence-corrected chi connectivity index (χ0v) is 19.5. The molecule has 0 spiro atoms. The molecule has 1 aromatic heterocycles. The number of rotatable bonds is 16. The van der Waals surface area contributed by atoms with Crippen LogP contribution in [0.15, 0.2) is 36.5 Å². The molecule has 0 radical (unpaired) electrons. The van der Waals surface area contributed by atoms with Crippen molar-refractivity contribution in [3.63, 3.8) is 0 Å². The number of hydrogen-bond donors (Lipinski definition) is 2. The summed E-state index contributed by atoms with van der Waals surface area (Å²) in [5.74, 6) is -0.414. The standard InChI is InChI=1S/C18H36O2.C9H7NO.Ca.2H/c1-2-3-4-5-6-7-8-9-10-11-12-13-14-15-16-17-18(19)20;11-8-5-1-3-7-4-2-6-10-9(7)8;;;/h2-17H2,1H3,(H,19,20);1-6,11H;;;. The average Bonchev–Trinajstić information content (AvgIpc) is 2.77. The third-order valence-electron chi connectivity index (χ3n) is 5.61. The van der Waals surface area contributed by atoms with E-state index in [2.05, 4.69) is 11.9 Å². The zero-order valence-electron chi connectivity index (χ0n) is 19.5. The fourth-order valence-corrected chi connectivity index (χ4v) is 3.74. The van der Waals surface area contributed by atoms with Crippen LogP contribution in [-0.4, -0.2) is 58.9 Å². The number of aliphatic carboxylic acids is 1. The Bertz CT molecular complexity index is 703. The van der Waals surface area contributed by atoms with Gasteiger partial charge in [0.1, 0.15) is 11.3 Å². The predicted molar refractivity (Wildman–Crippen MR) is 139 cm³/mol. The fourth-order valence-electron chi connectivity index (χ4n) is 3.74. The van der Waals surface area contributed by atoms with Gasteiger partial charge in [0.05, 0.1) is 0 Å². The van der Waals surface area contributed by atoms with Crippen LogP contribution in [0.25, 0.3) is 10.9 Å². The molecule has 0 aliphatic rings. The second-order valence-corrected chi connectivity index (χ2v) is 8.45. The Morgan fingerprint density at radius 1 is 0.750 bits per heavy atom. The Hall–Kier alpha value is -0.840. The van der Waals surface area contributed by atoms with E-state index in [1.165, 1.54) is 83.5 Å². The number of fused-ring (bicyclic) bond motifs is 1. The van der Waals surface area contributed by atoms with Gasteiger partial charge in [0, 0.05) is 18.0 Å². The molecule has 0 saturated heterocycles. The molecular formula is C27H45CaNO3. The summed E-state index contributed by atoms with van der Waals surface area (Å²) in [6, 6.07) is 9.13. The van der Waals surface area contributed by atoms with E-state index in [4.69, 9.17) is 5.11 Å². The molecule has 5 heteroatoms. The van der Waals surface area contributed by atoms with Crippen molar-refractivity contribution in [3.8, 4) is 5.75 Å². The molecule has 0 fully saturated rings. The van der Waals surface area contributed by atoms with Gasteiger partial charge >= 0.3 is 43.7 Å². The zero-order chi connectivity index (χ0) is 22.6. The van der Waals surface area contributed by atoms with Crippen molar-refractivity contribution in [2.75, 3.05) is 0 Å². The number of phenolic OH excluding ortho intramolecular Hbond substituents is 1.